The average molecular weight is 424 g/mol. The summed E-state index contributed by atoms with van der Waals surface area (Å²) in [5, 5.41) is 11.1. The SMILES string of the molecule is CCCN1C(=O)C(=O)/C(=C(\O)c2ccc(OCC(C)C)cc2)C1c1ccccc1OC. The molecule has 1 unspecified atom stereocenters. The van der Waals surface area contributed by atoms with Crippen molar-refractivity contribution in [1.82, 2.24) is 4.90 Å². The van der Waals surface area contributed by atoms with Crippen LogP contribution in [0.25, 0.3) is 5.76 Å². The fourth-order valence-electron chi connectivity index (χ4n) is 3.69. The van der Waals surface area contributed by atoms with Gasteiger partial charge in [0.25, 0.3) is 11.7 Å². The summed E-state index contributed by atoms with van der Waals surface area (Å²) in [6.07, 6.45) is 0.681. The van der Waals surface area contributed by atoms with E-state index in [4.69, 9.17) is 9.47 Å². The number of aliphatic hydroxyl groups is 1. The smallest absolute Gasteiger partial charge is 0.295 e. The first kappa shape index (κ1) is 22.4. The second-order valence-electron chi connectivity index (χ2n) is 7.96. The minimum absolute atomic E-state index is 0.0683. The van der Waals surface area contributed by atoms with Crippen molar-refractivity contribution in [3.63, 3.8) is 0 Å². The lowest BCUT2D eigenvalue weighted by Gasteiger charge is -2.26. The Hall–Kier alpha value is -3.28. The van der Waals surface area contributed by atoms with Crippen molar-refractivity contribution in [2.45, 2.75) is 33.2 Å². The third-order valence-electron chi connectivity index (χ3n) is 5.15. The highest BCUT2D eigenvalue weighted by molar-refractivity contribution is 6.46. The number of carbonyl (C=O) groups excluding carboxylic acids is 2. The Labute approximate surface area is 183 Å². The number of ketones is 1. The second kappa shape index (κ2) is 9.69. The molecule has 0 aromatic heterocycles. The van der Waals surface area contributed by atoms with Gasteiger partial charge in [-0.15, -0.1) is 0 Å². The number of nitrogens with zero attached hydrogens (tertiary/aromatic N) is 1. The van der Waals surface area contributed by atoms with Crippen molar-refractivity contribution in [2.24, 2.45) is 5.92 Å². The van der Waals surface area contributed by atoms with Gasteiger partial charge in [-0.05, 0) is 42.7 Å². The average Bonchev–Trinajstić information content (AvgIpc) is 3.02. The van der Waals surface area contributed by atoms with Crippen LogP contribution in [0.1, 0.15) is 44.4 Å². The van der Waals surface area contributed by atoms with E-state index in [1.807, 2.05) is 25.1 Å². The van der Waals surface area contributed by atoms with Gasteiger partial charge in [0.05, 0.1) is 25.3 Å². The number of para-hydroxylation sites is 1. The first-order valence-corrected chi connectivity index (χ1v) is 10.5. The van der Waals surface area contributed by atoms with Crippen LogP contribution in [0, 0.1) is 5.92 Å². The van der Waals surface area contributed by atoms with Gasteiger partial charge in [0, 0.05) is 17.7 Å². The van der Waals surface area contributed by atoms with Crippen LogP contribution in [0.15, 0.2) is 54.1 Å². The highest BCUT2D eigenvalue weighted by atomic mass is 16.5. The fourth-order valence-corrected chi connectivity index (χ4v) is 3.69. The lowest BCUT2D eigenvalue weighted by molar-refractivity contribution is -0.139. The molecular weight excluding hydrogens is 394 g/mol. The number of benzene rings is 2. The Bertz CT molecular complexity index is 978. The number of likely N-dealkylation sites (tertiary alicyclic amines) is 1. The molecule has 1 fully saturated rings. The molecule has 1 aliphatic heterocycles. The molecule has 2 aromatic rings. The molecule has 1 heterocycles. The van der Waals surface area contributed by atoms with Crippen LogP contribution in [-0.4, -0.2) is 42.0 Å². The summed E-state index contributed by atoms with van der Waals surface area (Å²) in [6, 6.07) is 13.4. The number of hydrogen-bond donors (Lipinski definition) is 1. The van der Waals surface area contributed by atoms with Gasteiger partial charge >= 0.3 is 0 Å². The Morgan fingerprint density at radius 2 is 1.77 bits per heavy atom. The van der Waals surface area contributed by atoms with Crippen LogP contribution in [-0.2, 0) is 9.59 Å². The molecule has 6 heteroatoms. The van der Waals surface area contributed by atoms with E-state index in [9.17, 15) is 14.7 Å². The second-order valence-corrected chi connectivity index (χ2v) is 7.96. The van der Waals surface area contributed by atoms with Crippen LogP contribution in [0.4, 0.5) is 0 Å². The maximum atomic E-state index is 13.0. The number of hydrogen-bond acceptors (Lipinski definition) is 5. The summed E-state index contributed by atoms with van der Waals surface area (Å²) in [7, 11) is 1.54. The lowest BCUT2D eigenvalue weighted by atomic mass is 9.94. The zero-order valence-corrected chi connectivity index (χ0v) is 18.4. The van der Waals surface area contributed by atoms with Crippen molar-refractivity contribution in [1.29, 1.82) is 0 Å². The monoisotopic (exact) mass is 423 g/mol. The molecule has 0 bridgehead atoms. The van der Waals surface area contributed by atoms with Gasteiger partial charge in [0.15, 0.2) is 0 Å². The number of ether oxygens (including phenoxy) is 2. The molecule has 2 aromatic carbocycles. The topological polar surface area (TPSA) is 76.1 Å². The first-order valence-electron chi connectivity index (χ1n) is 10.5. The minimum Gasteiger partial charge on any atom is -0.507 e. The van der Waals surface area contributed by atoms with E-state index in [1.165, 1.54) is 4.90 Å². The van der Waals surface area contributed by atoms with Crippen molar-refractivity contribution in [3.05, 3.63) is 65.2 Å². The van der Waals surface area contributed by atoms with Gasteiger partial charge < -0.3 is 19.5 Å². The molecule has 1 N–H and O–H groups in total. The van der Waals surface area contributed by atoms with Crippen molar-refractivity contribution in [3.8, 4) is 11.5 Å². The van der Waals surface area contributed by atoms with E-state index >= 15 is 0 Å². The van der Waals surface area contributed by atoms with E-state index < -0.39 is 17.7 Å². The number of rotatable bonds is 8. The zero-order chi connectivity index (χ0) is 22.5. The Balaban J connectivity index is 2.07. The zero-order valence-electron chi connectivity index (χ0n) is 18.4. The first-order chi connectivity index (χ1) is 14.9. The molecular formula is C25H29NO5. The molecule has 1 amide bonds. The normalized spacial score (nSPS) is 18.0. The molecule has 164 valence electrons. The molecule has 1 atom stereocenters. The highest BCUT2D eigenvalue weighted by Gasteiger charge is 2.46. The third kappa shape index (κ3) is 4.58. The molecule has 31 heavy (non-hydrogen) atoms. The molecule has 0 saturated carbocycles. The van der Waals surface area contributed by atoms with Crippen LogP contribution in [0.3, 0.4) is 0 Å². The molecule has 3 rings (SSSR count). The molecule has 6 nitrogen and oxygen atoms in total. The summed E-state index contributed by atoms with van der Waals surface area (Å²) in [4.78, 5) is 27.3. The minimum atomic E-state index is -0.715. The largest absolute Gasteiger partial charge is 0.507 e. The van der Waals surface area contributed by atoms with Crippen LogP contribution in [0.2, 0.25) is 0 Å². The molecule has 1 saturated heterocycles. The number of methoxy groups -OCH3 is 1. The standard InChI is InChI=1S/C25H29NO5/c1-5-14-26-22(19-8-6-7-9-20(19)30-4)21(24(28)25(26)29)23(27)17-10-12-18(13-11-17)31-15-16(2)3/h6-13,16,22,27H,5,14-15H2,1-4H3/b23-21-. The van der Waals surface area contributed by atoms with E-state index in [1.54, 1.807) is 37.4 Å². The highest BCUT2D eigenvalue weighted by Crippen LogP contribution is 2.42. The van der Waals surface area contributed by atoms with E-state index in [-0.39, 0.29) is 11.3 Å². The predicted molar refractivity (Wildman–Crippen MR) is 119 cm³/mol. The van der Waals surface area contributed by atoms with Gasteiger partial charge in [-0.25, -0.2) is 0 Å². The maximum Gasteiger partial charge on any atom is 0.295 e. The van der Waals surface area contributed by atoms with Gasteiger partial charge in [-0.2, -0.15) is 0 Å². The molecule has 0 spiro atoms. The summed E-state index contributed by atoms with van der Waals surface area (Å²) in [5.74, 6) is 0.113. The van der Waals surface area contributed by atoms with Gasteiger partial charge in [0.2, 0.25) is 0 Å². The predicted octanol–water partition coefficient (Wildman–Crippen LogP) is 4.56. The van der Waals surface area contributed by atoms with Crippen molar-refractivity contribution >= 4 is 17.4 Å². The van der Waals surface area contributed by atoms with E-state index in [2.05, 4.69) is 13.8 Å². The Morgan fingerprint density at radius 1 is 1.10 bits per heavy atom. The number of Topliss-reactive ketones (excluding diaryl/α,β-unsaturated/α-hetero) is 1. The quantitative estimate of drug-likeness (QED) is 0.383. The molecule has 0 aliphatic carbocycles. The number of carbonyl (C=O) groups is 2. The van der Waals surface area contributed by atoms with Crippen LogP contribution in [0.5, 0.6) is 11.5 Å². The third-order valence-corrected chi connectivity index (χ3v) is 5.15. The van der Waals surface area contributed by atoms with Gasteiger partial charge in [-0.1, -0.05) is 39.0 Å². The van der Waals surface area contributed by atoms with Gasteiger partial charge in [-0.3, -0.25) is 9.59 Å². The summed E-state index contributed by atoms with van der Waals surface area (Å²) >= 11 is 0. The fraction of sp³-hybridized carbons (Fsp3) is 0.360. The van der Waals surface area contributed by atoms with Gasteiger partial charge in [0.1, 0.15) is 17.3 Å². The summed E-state index contributed by atoms with van der Waals surface area (Å²) in [6.45, 7) is 7.04. The number of amides is 1. The van der Waals surface area contributed by atoms with E-state index in [0.717, 1.165) is 0 Å². The molecule has 1 aliphatic rings. The lowest BCUT2D eigenvalue weighted by Crippen LogP contribution is -2.30. The van der Waals surface area contributed by atoms with E-state index in [0.29, 0.717) is 48.1 Å². The van der Waals surface area contributed by atoms with Crippen LogP contribution >= 0.6 is 0 Å². The number of aliphatic hydroxyl groups excluding tert-OH is 1. The van der Waals surface area contributed by atoms with Crippen molar-refractivity contribution in [2.75, 3.05) is 20.3 Å². The summed E-state index contributed by atoms with van der Waals surface area (Å²) < 4.78 is 11.2. The Morgan fingerprint density at radius 3 is 2.39 bits per heavy atom. The van der Waals surface area contributed by atoms with Crippen LogP contribution < -0.4 is 9.47 Å². The Kier molecular flexibility index (Phi) is 7.00. The maximum absolute atomic E-state index is 13.0. The molecule has 0 radical (unpaired) electrons. The van der Waals surface area contributed by atoms with Crippen molar-refractivity contribution < 1.29 is 24.2 Å². The summed E-state index contributed by atoms with van der Waals surface area (Å²) in [5.41, 5.74) is 1.18.